The van der Waals surface area contributed by atoms with Crippen molar-refractivity contribution in [1.29, 1.82) is 0 Å². The molecule has 2 rings (SSSR count). The van der Waals surface area contributed by atoms with E-state index in [1.807, 2.05) is 30.3 Å². The molecule has 0 fully saturated rings. The maximum atomic E-state index is 12.1. The second kappa shape index (κ2) is 7.21. The number of benzene rings is 1. The van der Waals surface area contributed by atoms with Crippen LogP contribution in [0.15, 0.2) is 54.9 Å². The number of aromatic nitrogens is 1. The number of carbonyl (C=O) groups is 2. The SMILES string of the molecule is COC(=O)[C@@H](Cc1ccccc1)NC(=O)c1ccc[n+]([O-])c1. The van der Waals surface area contributed by atoms with E-state index in [0.29, 0.717) is 11.2 Å². The van der Waals surface area contributed by atoms with Crippen LogP contribution in [0.25, 0.3) is 0 Å². The first-order valence-electron chi connectivity index (χ1n) is 6.71. The molecule has 0 spiro atoms. The second-order valence-electron chi connectivity index (χ2n) is 4.69. The molecular formula is C16H16N2O4. The van der Waals surface area contributed by atoms with Crippen LogP contribution in [0.1, 0.15) is 15.9 Å². The highest BCUT2D eigenvalue weighted by molar-refractivity contribution is 5.96. The van der Waals surface area contributed by atoms with Gasteiger partial charge in [0.25, 0.3) is 5.91 Å². The second-order valence-corrected chi connectivity index (χ2v) is 4.69. The minimum atomic E-state index is -0.819. The predicted molar refractivity (Wildman–Crippen MR) is 78.8 cm³/mol. The van der Waals surface area contributed by atoms with Gasteiger partial charge in [0.2, 0.25) is 0 Å². The molecule has 6 heteroatoms. The third-order valence-corrected chi connectivity index (χ3v) is 3.11. The molecule has 6 nitrogen and oxygen atoms in total. The lowest BCUT2D eigenvalue weighted by Gasteiger charge is -2.16. The van der Waals surface area contributed by atoms with Gasteiger partial charge in [0.15, 0.2) is 12.4 Å². The van der Waals surface area contributed by atoms with Gasteiger partial charge in [-0.1, -0.05) is 30.3 Å². The lowest BCUT2D eigenvalue weighted by molar-refractivity contribution is -0.605. The Bertz CT molecular complexity index is 658. The number of hydrogen-bond acceptors (Lipinski definition) is 4. The number of methoxy groups -OCH3 is 1. The summed E-state index contributed by atoms with van der Waals surface area (Å²) < 4.78 is 5.25. The zero-order valence-corrected chi connectivity index (χ0v) is 12.1. The van der Waals surface area contributed by atoms with Gasteiger partial charge < -0.3 is 15.3 Å². The molecule has 22 heavy (non-hydrogen) atoms. The molecule has 1 amide bonds. The topological polar surface area (TPSA) is 82.3 Å². The fourth-order valence-corrected chi connectivity index (χ4v) is 2.02. The van der Waals surface area contributed by atoms with E-state index < -0.39 is 17.9 Å². The van der Waals surface area contributed by atoms with Crippen LogP contribution in [-0.2, 0) is 16.0 Å². The largest absolute Gasteiger partial charge is 0.619 e. The van der Waals surface area contributed by atoms with Crippen LogP contribution in [0.5, 0.6) is 0 Å². The fraction of sp³-hybridized carbons (Fsp3) is 0.188. The molecular weight excluding hydrogens is 284 g/mol. The molecule has 1 aromatic heterocycles. The van der Waals surface area contributed by atoms with E-state index in [-0.39, 0.29) is 5.56 Å². The Kier molecular flexibility index (Phi) is 5.08. The molecule has 1 N–H and O–H groups in total. The van der Waals surface area contributed by atoms with E-state index in [9.17, 15) is 14.8 Å². The summed E-state index contributed by atoms with van der Waals surface area (Å²) in [5.41, 5.74) is 1.07. The van der Waals surface area contributed by atoms with Crippen LogP contribution in [0, 0.1) is 5.21 Å². The number of nitrogens with zero attached hydrogens (tertiary/aromatic N) is 1. The molecule has 0 aliphatic heterocycles. The lowest BCUT2D eigenvalue weighted by Crippen LogP contribution is -2.43. The third-order valence-electron chi connectivity index (χ3n) is 3.11. The van der Waals surface area contributed by atoms with Crippen LogP contribution in [0.4, 0.5) is 0 Å². The van der Waals surface area contributed by atoms with Gasteiger partial charge in [-0.15, -0.1) is 0 Å². The average molecular weight is 300 g/mol. The zero-order valence-electron chi connectivity index (χ0n) is 12.1. The molecule has 114 valence electrons. The van der Waals surface area contributed by atoms with Crippen LogP contribution < -0.4 is 10.0 Å². The van der Waals surface area contributed by atoms with Crippen molar-refractivity contribution in [3.63, 3.8) is 0 Å². The van der Waals surface area contributed by atoms with Crippen LogP contribution in [0.3, 0.4) is 0 Å². The summed E-state index contributed by atoms with van der Waals surface area (Å²) in [6.45, 7) is 0. The van der Waals surface area contributed by atoms with Gasteiger partial charge >= 0.3 is 5.97 Å². The summed E-state index contributed by atoms with van der Waals surface area (Å²) in [6, 6.07) is 11.4. The number of esters is 1. The predicted octanol–water partition coefficient (Wildman–Crippen LogP) is 0.834. The first kappa shape index (κ1) is 15.5. The van der Waals surface area contributed by atoms with Crippen molar-refractivity contribution >= 4 is 11.9 Å². The standard InChI is InChI=1S/C16H16N2O4/c1-22-16(20)14(10-12-6-3-2-4-7-12)17-15(19)13-8-5-9-18(21)11-13/h2-9,11,14H,10H2,1H3,(H,17,19)/t14-/m1/s1. The minimum Gasteiger partial charge on any atom is -0.619 e. The normalized spacial score (nSPS) is 11.5. The molecule has 0 unspecified atom stereocenters. The quantitative estimate of drug-likeness (QED) is 0.504. The van der Waals surface area contributed by atoms with Crippen LogP contribution in [-0.4, -0.2) is 25.0 Å². The van der Waals surface area contributed by atoms with Crippen molar-refractivity contribution in [2.24, 2.45) is 0 Å². The van der Waals surface area contributed by atoms with Gasteiger partial charge in [-0.05, 0) is 11.6 Å². The maximum absolute atomic E-state index is 12.1. The highest BCUT2D eigenvalue weighted by Crippen LogP contribution is 2.06. The lowest BCUT2D eigenvalue weighted by atomic mass is 10.1. The van der Waals surface area contributed by atoms with E-state index in [2.05, 4.69) is 5.32 Å². The minimum absolute atomic E-state index is 0.180. The molecule has 1 aromatic carbocycles. The molecule has 0 saturated heterocycles. The highest BCUT2D eigenvalue weighted by atomic mass is 16.5. The number of nitrogens with one attached hydrogen (secondary N) is 1. The average Bonchev–Trinajstić information content (AvgIpc) is 2.54. The molecule has 0 radical (unpaired) electrons. The van der Waals surface area contributed by atoms with Crippen molar-refractivity contribution < 1.29 is 19.1 Å². The highest BCUT2D eigenvalue weighted by Gasteiger charge is 2.23. The molecule has 1 heterocycles. The third kappa shape index (κ3) is 4.05. The summed E-state index contributed by atoms with van der Waals surface area (Å²) in [5, 5.41) is 13.8. The molecule has 1 atom stereocenters. The Morgan fingerprint density at radius 1 is 1.23 bits per heavy atom. The zero-order chi connectivity index (χ0) is 15.9. The van der Waals surface area contributed by atoms with E-state index in [0.717, 1.165) is 11.8 Å². The Morgan fingerprint density at radius 2 is 1.95 bits per heavy atom. The van der Waals surface area contributed by atoms with Crippen LogP contribution in [0.2, 0.25) is 0 Å². The smallest absolute Gasteiger partial charge is 0.328 e. The van der Waals surface area contributed by atoms with Crippen LogP contribution >= 0.6 is 0 Å². The summed E-state index contributed by atoms with van der Waals surface area (Å²) in [5.74, 6) is -1.04. The van der Waals surface area contributed by atoms with E-state index in [4.69, 9.17) is 4.74 Å². The van der Waals surface area contributed by atoms with Gasteiger partial charge in [0.05, 0.1) is 7.11 Å². The monoisotopic (exact) mass is 300 g/mol. The van der Waals surface area contributed by atoms with E-state index in [1.165, 1.54) is 25.4 Å². The molecule has 0 aliphatic carbocycles. The molecule has 0 saturated carbocycles. The van der Waals surface area contributed by atoms with Crippen molar-refractivity contribution in [3.05, 3.63) is 71.2 Å². The summed E-state index contributed by atoms with van der Waals surface area (Å²) in [7, 11) is 1.26. The summed E-state index contributed by atoms with van der Waals surface area (Å²) in [4.78, 5) is 24.0. The maximum Gasteiger partial charge on any atom is 0.328 e. The fourth-order valence-electron chi connectivity index (χ4n) is 2.02. The number of ether oxygens (including phenoxy) is 1. The van der Waals surface area contributed by atoms with Gasteiger partial charge in [-0.25, -0.2) is 4.79 Å². The summed E-state index contributed by atoms with van der Waals surface area (Å²) >= 11 is 0. The van der Waals surface area contributed by atoms with E-state index in [1.54, 1.807) is 0 Å². The Morgan fingerprint density at radius 3 is 2.59 bits per heavy atom. The first-order chi connectivity index (χ1) is 10.6. The van der Waals surface area contributed by atoms with Crippen molar-refractivity contribution in [2.75, 3.05) is 7.11 Å². The van der Waals surface area contributed by atoms with Gasteiger partial charge in [-0.2, -0.15) is 4.73 Å². The van der Waals surface area contributed by atoms with E-state index >= 15 is 0 Å². The Balaban J connectivity index is 2.13. The Hall–Kier alpha value is -2.89. The number of amides is 1. The number of pyridine rings is 1. The van der Waals surface area contributed by atoms with Gasteiger partial charge in [0, 0.05) is 12.5 Å². The van der Waals surface area contributed by atoms with Crippen molar-refractivity contribution in [1.82, 2.24) is 5.32 Å². The first-order valence-corrected chi connectivity index (χ1v) is 6.71. The number of rotatable bonds is 5. The van der Waals surface area contributed by atoms with Crippen molar-refractivity contribution in [3.8, 4) is 0 Å². The number of hydrogen-bond donors (Lipinski definition) is 1. The van der Waals surface area contributed by atoms with Gasteiger partial charge in [0.1, 0.15) is 11.6 Å². The molecule has 2 aromatic rings. The number of carbonyl (C=O) groups excluding carboxylic acids is 2. The Labute approximate surface area is 127 Å². The summed E-state index contributed by atoms with van der Waals surface area (Å²) in [6.07, 6.45) is 2.73. The van der Waals surface area contributed by atoms with Gasteiger partial charge in [-0.3, -0.25) is 4.79 Å². The molecule has 0 bridgehead atoms. The van der Waals surface area contributed by atoms with Crippen molar-refractivity contribution in [2.45, 2.75) is 12.5 Å². The molecule has 0 aliphatic rings.